The summed E-state index contributed by atoms with van der Waals surface area (Å²) >= 11 is 3.30. The summed E-state index contributed by atoms with van der Waals surface area (Å²) in [6.07, 6.45) is 3.24. The number of anilines is 1. The van der Waals surface area contributed by atoms with E-state index >= 15 is 0 Å². The predicted molar refractivity (Wildman–Crippen MR) is 65.5 cm³/mol. The highest BCUT2D eigenvalue weighted by atomic mass is 79.9. The summed E-state index contributed by atoms with van der Waals surface area (Å²) in [7, 11) is 0. The van der Waals surface area contributed by atoms with Crippen molar-refractivity contribution in [2.75, 3.05) is 5.43 Å². The quantitative estimate of drug-likeness (QED) is 0.655. The average molecular weight is 298 g/mol. The number of rotatable bonds is 2. The molecule has 88 valence electrons. The molecular formula is C10H9BrFN5. The molecule has 3 N–H and O–H groups in total. The van der Waals surface area contributed by atoms with Crippen LogP contribution in [0.3, 0.4) is 0 Å². The van der Waals surface area contributed by atoms with E-state index in [1.54, 1.807) is 25.4 Å². The first-order valence-corrected chi connectivity index (χ1v) is 5.53. The minimum atomic E-state index is -0.556. The van der Waals surface area contributed by atoms with E-state index in [-0.39, 0.29) is 11.5 Å². The molecule has 0 saturated carbocycles. The zero-order valence-electron chi connectivity index (χ0n) is 8.91. The first-order valence-electron chi connectivity index (χ1n) is 4.73. The van der Waals surface area contributed by atoms with Crippen LogP contribution in [0.4, 0.5) is 10.2 Å². The number of hydrazine groups is 1. The number of halogens is 2. The summed E-state index contributed by atoms with van der Waals surface area (Å²) in [5.41, 5.74) is 3.11. The second kappa shape index (κ2) is 4.72. The summed E-state index contributed by atoms with van der Waals surface area (Å²) in [5, 5.41) is 0. The van der Waals surface area contributed by atoms with Crippen LogP contribution in [0.5, 0.6) is 0 Å². The Kier molecular flexibility index (Phi) is 3.30. The molecule has 0 aliphatic rings. The molecule has 7 heteroatoms. The number of nitrogens with zero attached hydrogens (tertiary/aromatic N) is 3. The summed E-state index contributed by atoms with van der Waals surface area (Å²) in [6, 6.07) is 1.79. The maximum Gasteiger partial charge on any atom is 0.187 e. The van der Waals surface area contributed by atoms with Crippen molar-refractivity contribution < 1.29 is 4.39 Å². The van der Waals surface area contributed by atoms with E-state index in [0.29, 0.717) is 11.4 Å². The molecular weight excluding hydrogens is 289 g/mol. The van der Waals surface area contributed by atoms with E-state index in [9.17, 15) is 4.39 Å². The van der Waals surface area contributed by atoms with Crippen LogP contribution in [0.2, 0.25) is 0 Å². The molecule has 0 aliphatic carbocycles. The fourth-order valence-corrected chi connectivity index (χ4v) is 1.68. The van der Waals surface area contributed by atoms with E-state index < -0.39 is 5.82 Å². The van der Waals surface area contributed by atoms with E-state index in [1.165, 1.54) is 0 Å². The first kappa shape index (κ1) is 11.9. The van der Waals surface area contributed by atoms with Crippen LogP contribution in [0.15, 0.2) is 22.9 Å². The number of nitrogens with one attached hydrogen (secondary N) is 1. The second-order valence-electron chi connectivity index (χ2n) is 3.33. The highest BCUT2D eigenvalue weighted by Crippen LogP contribution is 2.22. The largest absolute Gasteiger partial charge is 0.306 e. The van der Waals surface area contributed by atoms with Crippen molar-refractivity contribution >= 4 is 21.7 Å². The number of hydrogen-bond donors (Lipinski definition) is 2. The fourth-order valence-electron chi connectivity index (χ4n) is 1.32. The van der Waals surface area contributed by atoms with Gasteiger partial charge in [-0.2, -0.15) is 0 Å². The predicted octanol–water partition coefficient (Wildman–Crippen LogP) is 2.03. The zero-order valence-corrected chi connectivity index (χ0v) is 10.5. The van der Waals surface area contributed by atoms with Gasteiger partial charge in [-0.15, -0.1) is 0 Å². The Morgan fingerprint density at radius 3 is 2.76 bits per heavy atom. The van der Waals surface area contributed by atoms with Crippen LogP contribution in [0, 0.1) is 12.7 Å². The molecule has 0 saturated heterocycles. The summed E-state index contributed by atoms with van der Waals surface area (Å²) < 4.78 is 14.3. The van der Waals surface area contributed by atoms with Gasteiger partial charge in [-0.25, -0.2) is 20.2 Å². The normalized spacial score (nSPS) is 10.4. The maximum atomic E-state index is 13.5. The van der Waals surface area contributed by atoms with E-state index in [1.807, 2.05) is 0 Å². The van der Waals surface area contributed by atoms with Gasteiger partial charge in [0.2, 0.25) is 0 Å². The molecule has 0 atom stereocenters. The van der Waals surface area contributed by atoms with Crippen LogP contribution in [0.1, 0.15) is 5.69 Å². The van der Waals surface area contributed by atoms with Gasteiger partial charge in [-0.3, -0.25) is 4.98 Å². The Balaban J connectivity index is 2.56. The lowest BCUT2D eigenvalue weighted by Gasteiger charge is -2.07. The minimum absolute atomic E-state index is 0.0347. The third-order valence-electron chi connectivity index (χ3n) is 2.12. The summed E-state index contributed by atoms with van der Waals surface area (Å²) in [6.45, 7) is 1.55. The highest BCUT2D eigenvalue weighted by molar-refractivity contribution is 9.10. The van der Waals surface area contributed by atoms with Crippen LogP contribution in [-0.4, -0.2) is 15.0 Å². The van der Waals surface area contributed by atoms with Crippen molar-refractivity contribution in [3.05, 3.63) is 34.4 Å². The molecule has 0 unspecified atom stereocenters. The van der Waals surface area contributed by atoms with Gasteiger partial charge in [-0.1, -0.05) is 0 Å². The molecule has 2 aromatic rings. The van der Waals surface area contributed by atoms with E-state index in [0.717, 1.165) is 4.47 Å². The lowest BCUT2D eigenvalue weighted by atomic mass is 10.2. The zero-order chi connectivity index (χ0) is 12.4. The number of nitrogen functional groups attached to an aromatic ring is 1. The third kappa shape index (κ3) is 2.40. The molecule has 17 heavy (non-hydrogen) atoms. The van der Waals surface area contributed by atoms with Gasteiger partial charge in [0, 0.05) is 22.4 Å². The molecule has 0 amide bonds. The second-order valence-corrected chi connectivity index (χ2v) is 4.25. The highest BCUT2D eigenvalue weighted by Gasteiger charge is 2.12. The van der Waals surface area contributed by atoms with Crippen molar-refractivity contribution in [2.24, 2.45) is 5.84 Å². The van der Waals surface area contributed by atoms with Gasteiger partial charge < -0.3 is 5.43 Å². The molecule has 5 nitrogen and oxygen atoms in total. The van der Waals surface area contributed by atoms with Gasteiger partial charge in [0.15, 0.2) is 17.5 Å². The van der Waals surface area contributed by atoms with E-state index in [2.05, 4.69) is 36.3 Å². The number of aromatic nitrogens is 3. The van der Waals surface area contributed by atoms with Crippen molar-refractivity contribution in [3.8, 4) is 11.4 Å². The van der Waals surface area contributed by atoms with Gasteiger partial charge >= 0.3 is 0 Å². The van der Waals surface area contributed by atoms with Gasteiger partial charge in [0.25, 0.3) is 0 Å². The summed E-state index contributed by atoms with van der Waals surface area (Å²) in [4.78, 5) is 12.0. The molecule has 2 aromatic heterocycles. The van der Waals surface area contributed by atoms with Gasteiger partial charge in [-0.05, 0) is 28.9 Å². The Labute approximate surface area is 105 Å². The molecule has 0 aromatic carbocycles. The van der Waals surface area contributed by atoms with Crippen molar-refractivity contribution in [3.63, 3.8) is 0 Å². The smallest absolute Gasteiger partial charge is 0.187 e. The Morgan fingerprint density at radius 1 is 1.35 bits per heavy atom. The SMILES string of the molecule is Cc1nc(-c2cncc(Br)c2)nc(NN)c1F. The van der Waals surface area contributed by atoms with Crippen LogP contribution in [-0.2, 0) is 0 Å². The Morgan fingerprint density at radius 2 is 2.12 bits per heavy atom. The Bertz CT molecular complexity index is 560. The van der Waals surface area contributed by atoms with Crippen molar-refractivity contribution in [1.82, 2.24) is 15.0 Å². The van der Waals surface area contributed by atoms with Crippen LogP contribution in [0.25, 0.3) is 11.4 Å². The van der Waals surface area contributed by atoms with Gasteiger partial charge in [0.05, 0.1) is 5.69 Å². The molecule has 0 radical (unpaired) electrons. The minimum Gasteiger partial charge on any atom is -0.306 e. The molecule has 0 aliphatic heterocycles. The first-order chi connectivity index (χ1) is 8.11. The number of hydrogen-bond acceptors (Lipinski definition) is 5. The monoisotopic (exact) mass is 297 g/mol. The Hall–Kier alpha value is -1.60. The molecule has 2 heterocycles. The fraction of sp³-hybridized carbons (Fsp3) is 0.100. The lowest BCUT2D eigenvalue weighted by molar-refractivity contribution is 0.606. The van der Waals surface area contributed by atoms with Crippen molar-refractivity contribution in [1.29, 1.82) is 0 Å². The standard InChI is InChI=1S/C10H9BrFN5/c1-5-8(12)10(17-13)16-9(15-5)6-2-7(11)4-14-3-6/h2-4H,13H2,1H3,(H,15,16,17). The van der Waals surface area contributed by atoms with Gasteiger partial charge in [0.1, 0.15) is 0 Å². The molecule has 2 rings (SSSR count). The third-order valence-corrected chi connectivity index (χ3v) is 2.55. The topological polar surface area (TPSA) is 76.7 Å². The molecule has 0 fully saturated rings. The van der Waals surface area contributed by atoms with Crippen LogP contribution >= 0.6 is 15.9 Å². The number of pyridine rings is 1. The average Bonchev–Trinajstić information content (AvgIpc) is 2.32. The van der Waals surface area contributed by atoms with E-state index in [4.69, 9.17) is 5.84 Å². The number of aryl methyl sites for hydroxylation is 1. The van der Waals surface area contributed by atoms with Crippen molar-refractivity contribution in [2.45, 2.75) is 6.92 Å². The molecule has 0 bridgehead atoms. The maximum absolute atomic E-state index is 13.5. The molecule has 0 spiro atoms. The lowest BCUT2D eigenvalue weighted by Crippen LogP contribution is -2.13. The summed E-state index contributed by atoms with van der Waals surface area (Å²) in [5.74, 6) is 4.97. The van der Waals surface area contributed by atoms with Crippen LogP contribution < -0.4 is 11.3 Å². The number of nitrogens with two attached hydrogens (primary N) is 1.